The van der Waals surface area contributed by atoms with Crippen molar-refractivity contribution < 1.29 is 33.3 Å². The molecule has 0 fully saturated rings. The predicted molar refractivity (Wildman–Crippen MR) is 346 cm³/mol. The van der Waals surface area contributed by atoms with Gasteiger partial charge in [-0.05, 0) is 127 Å². The van der Waals surface area contributed by atoms with Crippen molar-refractivity contribution in [3.8, 4) is 56.5 Å². The molecule has 0 spiro atoms. The van der Waals surface area contributed by atoms with Crippen LogP contribution < -0.4 is 0 Å². The van der Waals surface area contributed by atoms with E-state index >= 15 is 0 Å². The van der Waals surface area contributed by atoms with Crippen LogP contribution in [0, 0.1) is 29.8 Å². The first kappa shape index (κ1) is 58.6. The first-order valence-electron chi connectivity index (χ1n) is 29.1. The number of pyridine rings is 1. The van der Waals surface area contributed by atoms with Crippen LogP contribution in [0.15, 0.2) is 223 Å². The fourth-order valence-corrected chi connectivity index (χ4v) is 11.5. The second kappa shape index (κ2) is 25.2. The van der Waals surface area contributed by atoms with Gasteiger partial charge in [-0.25, -0.2) is 0 Å². The second-order valence-corrected chi connectivity index (χ2v) is 22.8. The number of nitrogens with zero attached hydrogens (tertiary/aromatic N) is 5. The monoisotopic (exact) mass is 1310 g/mol. The third-order valence-electron chi connectivity index (χ3n) is 15.8. The number of hydrogen-bond acceptors (Lipinski definition) is 4. The first-order valence-corrected chi connectivity index (χ1v) is 29.1. The molecule has 0 unspecified atom stereocenters. The average Bonchev–Trinajstić information content (AvgIpc) is 1.60. The van der Waals surface area contributed by atoms with Crippen molar-refractivity contribution in [1.29, 1.82) is 0 Å². The number of aromatic nitrogens is 5. The maximum Gasteiger partial charge on any atom is 3.00 e. The summed E-state index contributed by atoms with van der Waals surface area (Å²) in [5.41, 5.74) is 16.9. The van der Waals surface area contributed by atoms with E-state index in [1.54, 1.807) is 24.5 Å². The Bertz CT molecular complexity index is 4620. The maximum atomic E-state index is 13.2. The van der Waals surface area contributed by atoms with Gasteiger partial charge in [0.05, 0.1) is 28.3 Å². The molecule has 6 nitrogen and oxygen atoms in total. The Morgan fingerprint density at radius 3 is 1.77 bits per heavy atom. The third kappa shape index (κ3) is 11.6. The Balaban J connectivity index is 0.000000167. The number of furan rings is 1. The van der Waals surface area contributed by atoms with Gasteiger partial charge >= 0.3 is 20.1 Å². The molecule has 14 aromatic rings. The van der Waals surface area contributed by atoms with E-state index in [2.05, 4.69) is 232 Å². The van der Waals surface area contributed by atoms with E-state index in [-0.39, 0.29) is 43.6 Å². The number of fused-ring (bicyclic) bond motifs is 7. The van der Waals surface area contributed by atoms with Crippen molar-refractivity contribution in [1.82, 2.24) is 24.1 Å². The number of imidazole rings is 2. The molecule has 0 aliphatic rings. The summed E-state index contributed by atoms with van der Waals surface area (Å²) >= 11 is 0. The Morgan fingerprint density at radius 2 is 1.10 bits per heavy atom. The van der Waals surface area contributed by atoms with E-state index in [9.17, 15) is 8.78 Å². The molecule has 0 saturated carbocycles. The van der Waals surface area contributed by atoms with Gasteiger partial charge in [-0.15, -0.1) is 77.9 Å². The van der Waals surface area contributed by atoms with Crippen LogP contribution in [0.5, 0.6) is 0 Å². The summed E-state index contributed by atoms with van der Waals surface area (Å²) < 4.78 is 37.1. The summed E-state index contributed by atoms with van der Waals surface area (Å²) in [5.74, 6) is 2.41. The normalized spacial score (nSPS) is 11.5. The van der Waals surface area contributed by atoms with Crippen LogP contribution in [0.25, 0.3) is 111 Å². The number of hydrogen-bond donors (Lipinski definition) is 0. The van der Waals surface area contributed by atoms with Crippen LogP contribution in [-0.4, -0.2) is 24.1 Å². The molecule has 4 aromatic heterocycles. The average molecular weight is 1310 g/mol. The van der Waals surface area contributed by atoms with Gasteiger partial charge in [-0.1, -0.05) is 176 Å². The van der Waals surface area contributed by atoms with Gasteiger partial charge in [0.2, 0.25) is 0 Å². The zero-order valence-corrected chi connectivity index (χ0v) is 51.7. The second-order valence-electron chi connectivity index (χ2n) is 22.8. The molecular formula is C77H64F2IrN5O. The molecule has 0 aliphatic heterocycles. The van der Waals surface area contributed by atoms with Gasteiger partial charge < -0.3 is 18.5 Å². The summed E-state index contributed by atoms with van der Waals surface area (Å²) in [7, 11) is 0. The zero-order chi connectivity index (χ0) is 58.9. The van der Waals surface area contributed by atoms with Gasteiger partial charge in [-0.3, -0.25) is 18.7 Å². The number of benzene rings is 10. The molecule has 4 heterocycles. The summed E-state index contributed by atoms with van der Waals surface area (Å²) in [5, 5.41) is 7.02. The standard InChI is InChI=1S/C45H35N2O.C21H22FN2.C11H7FN.Ir/c1-27(2)36-24-32(29-13-6-5-7-14-29)25-37(28(3)4)43(36)47-41-20-11-10-19-40(41)46-45(47)35-18-12-17-34-39-23-31-22-21-30-15-8-9-16-33(30)38(31)26-42(39)48-44(34)35;1-14(2)18-6-5-7-19(15(3)4)20(18)24-13-12-23-21(24)16-8-10-17(22)11-9-16;12-10-6-4-9(5-7-10)11-3-1-2-8-13-11;/h5-17,19-28H,1-4H3;5-8,10-15H,1-4H3;1-4,6-8H;/q3*-1;+3. The fraction of sp³-hybridized carbons (Fsp3) is 0.156. The third-order valence-corrected chi connectivity index (χ3v) is 15.8. The van der Waals surface area contributed by atoms with Crippen LogP contribution in [0.4, 0.5) is 8.78 Å². The molecular weight excluding hydrogens is 1240 g/mol. The summed E-state index contributed by atoms with van der Waals surface area (Å²) in [6.45, 7) is 17.9. The summed E-state index contributed by atoms with van der Waals surface area (Å²) in [6.07, 6.45) is 5.46. The molecule has 9 heteroatoms. The minimum atomic E-state index is -0.290. The Kier molecular flexibility index (Phi) is 17.2. The van der Waals surface area contributed by atoms with Crippen LogP contribution in [0.3, 0.4) is 0 Å². The molecule has 86 heavy (non-hydrogen) atoms. The zero-order valence-electron chi connectivity index (χ0n) is 49.3. The molecule has 0 amide bonds. The molecule has 14 rings (SSSR count). The van der Waals surface area contributed by atoms with Crippen molar-refractivity contribution in [2.75, 3.05) is 0 Å². The molecule has 0 saturated heterocycles. The molecule has 426 valence electrons. The summed E-state index contributed by atoms with van der Waals surface area (Å²) in [4.78, 5) is 14.0. The van der Waals surface area contributed by atoms with E-state index in [1.165, 1.54) is 90.6 Å². The van der Waals surface area contributed by atoms with Gasteiger partial charge in [0.15, 0.2) is 0 Å². The van der Waals surface area contributed by atoms with Crippen LogP contribution in [0.1, 0.15) is 101 Å². The topological polar surface area (TPSA) is 61.7 Å². The van der Waals surface area contributed by atoms with E-state index in [4.69, 9.17) is 9.40 Å². The predicted octanol–water partition coefficient (Wildman–Crippen LogP) is 21.0. The van der Waals surface area contributed by atoms with E-state index in [1.807, 2.05) is 30.5 Å². The van der Waals surface area contributed by atoms with Crippen molar-refractivity contribution in [2.45, 2.75) is 79.1 Å². The first-order chi connectivity index (χ1) is 41.3. The number of rotatable bonds is 10. The van der Waals surface area contributed by atoms with E-state index in [0.717, 1.165) is 67.0 Å². The summed E-state index contributed by atoms with van der Waals surface area (Å²) in [6, 6.07) is 75.8. The van der Waals surface area contributed by atoms with E-state index in [0.29, 0.717) is 11.8 Å². The van der Waals surface area contributed by atoms with Crippen LogP contribution in [-0.2, 0) is 20.1 Å². The van der Waals surface area contributed by atoms with Crippen LogP contribution >= 0.6 is 0 Å². The molecule has 0 aliphatic carbocycles. The minimum absolute atomic E-state index is 0. The molecule has 0 radical (unpaired) electrons. The van der Waals surface area contributed by atoms with Gasteiger partial charge in [0.25, 0.3) is 0 Å². The molecule has 0 atom stereocenters. The molecule has 10 aromatic carbocycles. The van der Waals surface area contributed by atoms with Gasteiger partial charge in [0.1, 0.15) is 5.58 Å². The molecule has 0 bridgehead atoms. The van der Waals surface area contributed by atoms with Crippen molar-refractivity contribution >= 4 is 54.5 Å². The smallest absolute Gasteiger partial charge is 0.501 e. The van der Waals surface area contributed by atoms with Gasteiger partial charge in [0, 0.05) is 47.0 Å². The van der Waals surface area contributed by atoms with E-state index < -0.39 is 0 Å². The Hall–Kier alpha value is -9.14. The van der Waals surface area contributed by atoms with Crippen LogP contribution in [0.2, 0.25) is 0 Å². The van der Waals surface area contributed by atoms with Crippen molar-refractivity contribution in [2.24, 2.45) is 0 Å². The number of para-hydroxylation sites is 3. The minimum Gasteiger partial charge on any atom is -0.501 e. The maximum absolute atomic E-state index is 13.2. The fourth-order valence-electron chi connectivity index (χ4n) is 11.5. The largest absolute Gasteiger partial charge is 3.00 e. The Labute approximate surface area is 515 Å². The Morgan fingerprint density at radius 1 is 0.465 bits per heavy atom. The number of halogens is 2. The quantitative estimate of drug-likeness (QED) is 0.101. The van der Waals surface area contributed by atoms with Crippen molar-refractivity contribution in [3.63, 3.8) is 0 Å². The SMILES string of the molecule is CC(C)c1cc(-c2ccccc2)cc(C(C)C)c1-n1c(-c2[c-]ccc3c2oc2cc4c(ccc5ccccc54)cc23)nc2ccccc21.CC(C)c1cccc(C(C)C)c1-n1ccnc1-c1[c-]cc(F)cc1.Fc1c[c-]c(-c2ccccn2)cc1.[Ir+3]. The molecule has 0 N–H and O–H groups in total. The van der Waals surface area contributed by atoms with Crippen molar-refractivity contribution in [3.05, 3.63) is 271 Å². The van der Waals surface area contributed by atoms with Gasteiger partial charge in [-0.2, -0.15) is 0 Å².